The van der Waals surface area contributed by atoms with Crippen LogP contribution in [0.5, 0.6) is 5.75 Å². The van der Waals surface area contributed by atoms with Gasteiger partial charge in [0.2, 0.25) is 0 Å². The van der Waals surface area contributed by atoms with Crippen molar-refractivity contribution in [1.82, 2.24) is 0 Å². The van der Waals surface area contributed by atoms with Gasteiger partial charge in [-0.25, -0.2) is 0 Å². The maximum absolute atomic E-state index is 11.2. The van der Waals surface area contributed by atoms with E-state index < -0.39 is 0 Å². The average Bonchev–Trinajstić information content (AvgIpc) is 2.68. The highest BCUT2D eigenvalue weighted by Crippen LogP contribution is 2.33. The SMILES string of the molecule is Cc1cc(Cc2c(C)cc(C)c(C)c2C)c(O)c(Cc2c(C)cc(C)c(C)c2C)c1. The maximum atomic E-state index is 11.2. The van der Waals surface area contributed by atoms with Crippen LogP contribution in [0, 0.1) is 62.3 Å². The zero-order valence-corrected chi connectivity index (χ0v) is 20.2. The monoisotopic (exact) mass is 400 g/mol. The summed E-state index contributed by atoms with van der Waals surface area (Å²) in [5.41, 5.74) is 16.6. The first-order valence-corrected chi connectivity index (χ1v) is 10.9. The number of hydrogen-bond donors (Lipinski definition) is 1. The van der Waals surface area contributed by atoms with Crippen LogP contribution in [0.4, 0.5) is 0 Å². The zero-order chi connectivity index (χ0) is 22.3. The Bertz CT molecular complexity index is 1050. The number of phenolic OH excluding ortho intramolecular Hbond substituents is 1. The van der Waals surface area contributed by atoms with E-state index in [4.69, 9.17) is 0 Å². The fraction of sp³-hybridized carbons (Fsp3) is 0.379. The van der Waals surface area contributed by atoms with Gasteiger partial charge in [-0.1, -0.05) is 29.8 Å². The van der Waals surface area contributed by atoms with E-state index in [0.29, 0.717) is 5.75 Å². The second-order valence-electron chi connectivity index (χ2n) is 9.26. The predicted molar refractivity (Wildman–Crippen MR) is 129 cm³/mol. The first-order chi connectivity index (χ1) is 14.0. The number of aryl methyl sites for hydroxylation is 5. The van der Waals surface area contributed by atoms with Gasteiger partial charge < -0.3 is 5.11 Å². The molecule has 0 unspecified atom stereocenters. The molecule has 1 N–H and O–H groups in total. The minimum Gasteiger partial charge on any atom is -0.507 e. The molecule has 1 heteroatoms. The topological polar surface area (TPSA) is 20.2 Å². The van der Waals surface area contributed by atoms with E-state index in [1.54, 1.807) is 0 Å². The minimum atomic E-state index is 0.453. The van der Waals surface area contributed by atoms with Crippen molar-refractivity contribution in [3.63, 3.8) is 0 Å². The fourth-order valence-electron chi connectivity index (χ4n) is 4.80. The molecule has 0 saturated carbocycles. The maximum Gasteiger partial charge on any atom is 0.122 e. The van der Waals surface area contributed by atoms with Gasteiger partial charge >= 0.3 is 0 Å². The molecule has 0 aliphatic rings. The number of hydrogen-bond acceptors (Lipinski definition) is 1. The largest absolute Gasteiger partial charge is 0.507 e. The van der Waals surface area contributed by atoms with Crippen molar-refractivity contribution in [1.29, 1.82) is 0 Å². The van der Waals surface area contributed by atoms with Crippen molar-refractivity contribution in [3.8, 4) is 5.75 Å². The summed E-state index contributed by atoms with van der Waals surface area (Å²) < 4.78 is 0. The zero-order valence-electron chi connectivity index (χ0n) is 20.2. The molecule has 0 fully saturated rings. The third-order valence-corrected chi connectivity index (χ3v) is 7.18. The van der Waals surface area contributed by atoms with Crippen LogP contribution in [0.2, 0.25) is 0 Å². The predicted octanol–water partition coefficient (Wildman–Crippen LogP) is 7.35. The van der Waals surface area contributed by atoms with Crippen LogP contribution in [0.3, 0.4) is 0 Å². The van der Waals surface area contributed by atoms with Crippen LogP contribution in [-0.2, 0) is 12.8 Å². The normalized spacial score (nSPS) is 11.2. The standard InChI is InChI=1S/C29H36O/c1-16-10-25(14-27-19(4)12-17(2)21(6)23(27)8)29(30)26(11-16)15-28-20(5)13-18(3)22(7)24(28)9/h10-13,30H,14-15H2,1-9H3. The Morgan fingerprint density at radius 3 is 1.23 bits per heavy atom. The Kier molecular flexibility index (Phi) is 6.13. The molecule has 0 atom stereocenters. The van der Waals surface area contributed by atoms with Gasteiger partial charge in [-0.3, -0.25) is 0 Å². The number of phenols is 1. The number of rotatable bonds is 4. The van der Waals surface area contributed by atoms with Crippen LogP contribution >= 0.6 is 0 Å². The molecule has 3 rings (SSSR count). The van der Waals surface area contributed by atoms with Crippen molar-refractivity contribution < 1.29 is 5.11 Å². The summed E-state index contributed by atoms with van der Waals surface area (Å²) in [7, 11) is 0. The van der Waals surface area contributed by atoms with E-state index in [2.05, 4.69) is 86.6 Å². The van der Waals surface area contributed by atoms with Crippen molar-refractivity contribution in [2.75, 3.05) is 0 Å². The molecule has 0 aromatic heterocycles. The van der Waals surface area contributed by atoms with Gasteiger partial charge in [0.25, 0.3) is 0 Å². The third kappa shape index (κ3) is 4.03. The van der Waals surface area contributed by atoms with Crippen LogP contribution < -0.4 is 0 Å². The van der Waals surface area contributed by atoms with Crippen LogP contribution in [0.15, 0.2) is 24.3 Å². The van der Waals surface area contributed by atoms with Crippen LogP contribution in [0.1, 0.15) is 72.3 Å². The van der Waals surface area contributed by atoms with E-state index in [1.807, 2.05) is 0 Å². The molecule has 0 aliphatic carbocycles. The van der Waals surface area contributed by atoms with E-state index >= 15 is 0 Å². The Balaban J connectivity index is 2.07. The first-order valence-electron chi connectivity index (χ1n) is 10.9. The summed E-state index contributed by atoms with van der Waals surface area (Å²) in [4.78, 5) is 0. The number of aromatic hydroxyl groups is 1. The summed E-state index contributed by atoms with van der Waals surface area (Å²) in [6, 6.07) is 8.83. The highest BCUT2D eigenvalue weighted by atomic mass is 16.3. The molecular formula is C29H36O. The van der Waals surface area contributed by atoms with Gasteiger partial charge in [-0.05, 0) is 129 Å². The van der Waals surface area contributed by atoms with Crippen LogP contribution in [-0.4, -0.2) is 5.11 Å². The lowest BCUT2D eigenvalue weighted by Gasteiger charge is -2.19. The van der Waals surface area contributed by atoms with Gasteiger partial charge in [0, 0.05) is 12.8 Å². The molecule has 0 bridgehead atoms. The second kappa shape index (κ2) is 8.30. The third-order valence-electron chi connectivity index (χ3n) is 7.18. The lowest BCUT2D eigenvalue weighted by molar-refractivity contribution is 0.463. The molecule has 3 aromatic rings. The molecule has 30 heavy (non-hydrogen) atoms. The fourth-order valence-corrected chi connectivity index (χ4v) is 4.80. The van der Waals surface area contributed by atoms with Gasteiger partial charge in [-0.15, -0.1) is 0 Å². The molecule has 0 aliphatic heterocycles. The second-order valence-corrected chi connectivity index (χ2v) is 9.26. The molecule has 3 aromatic carbocycles. The summed E-state index contributed by atoms with van der Waals surface area (Å²) >= 11 is 0. The molecule has 0 saturated heterocycles. The highest BCUT2D eigenvalue weighted by Gasteiger charge is 2.16. The lowest BCUT2D eigenvalue weighted by atomic mass is 9.87. The molecular weight excluding hydrogens is 364 g/mol. The Morgan fingerprint density at radius 1 is 0.500 bits per heavy atom. The van der Waals surface area contributed by atoms with E-state index in [-0.39, 0.29) is 0 Å². The van der Waals surface area contributed by atoms with E-state index in [0.717, 1.165) is 24.0 Å². The summed E-state index contributed by atoms with van der Waals surface area (Å²) in [5.74, 6) is 0.453. The van der Waals surface area contributed by atoms with E-state index in [9.17, 15) is 5.11 Å². The summed E-state index contributed by atoms with van der Waals surface area (Å²) in [6.07, 6.45) is 1.54. The van der Waals surface area contributed by atoms with Gasteiger partial charge in [0.15, 0.2) is 0 Å². The summed E-state index contributed by atoms with van der Waals surface area (Å²) in [5, 5.41) is 11.2. The molecule has 0 spiro atoms. The quantitative estimate of drug-likeness (QED) is 0.485. The first kappa shape index (κ1) is 22.2. The van der Waals surface area contributed by atoms with Crippen molar-refractivity contribution in [2.45, 2.75) is 75.2 Å². The van der Waals surface area contributed by atoms with E-state index in [1.165, 1.54) is 61.2 Å². The Labute approximate surface area is 182 Å². The Hall–Kier alpha value is -2.54. The van der Waals surface area contributed by atoms with Crippen LogP contribution in [0.25, 0.3) is 0 Å². The number of benzene rings is 3. The van der Waals surface area contributed by atoms with Crippen molar-refractivity contribution in [3.05, 3.63) is 96.6 Å². The molecule has 1 nitrogen and oxygen atoms in total. The van der Waals surface area contributed by atoms with Gasteiger partial charge in [0.05, 0.1) is 0 Å². The average molecular weight is 401 g/mol. The van der Waals surface area contributed by atoms with Gasteiger partial charge in [-0.2, -0.15) is 0 Å². The molecule has 158 valence electrons. The summed E-state index contributed by atoms with van der Waals surface area (Å²) in [6.45, 7) is 19.7. The molecule has 0 heterocycles. The highest BCUT2D eigenvalue weighted by molar-refractivity contribution is 5.53. The molecule has 0 amide bonds. The van der Waals surface area contributed by atoms with Crippen molar-refractivity contribution in [2.24, 2.45) is 0 Å². The van der Waals surface area contributed by atoms with Gasteiger partial charge in [0.1, 0.15) is 5.75 Å². The molecule has 0 radical (unpaired) electrons. The smallest absolute Gasteiger partial charge is 0.122 e. The lowest BCUT2D eigenvalue weighted by Crippen LogP contribution is -2.04. The Morgan fingerprint density at radius 2 is 0.867 bits per heavy atom. The minimum absolute atomic E-state index is 0.453. The van der Waals surface area contributed by atoms with Crippen molar-refractivity contribution >= 4 is 0 Å².